The highest BCUT2D eigenvalue weighted by Gasteiger charge is 2.19. The number of hydrogen-bond donors (Lipinski definition) is 1. The van der Waals surface area contributed by atoms with E-state index in [1.807, 2.05) is 13.8 Å². The second-order valence-electron chi connectivity index (χ2n) is 3.06. The Morgan fingerprint density at radius 3 is 2.31 bits per heavy atom. The van der Waals surface area contributed by atoms with Gasteiger partial charge in [-0.2, -0.15) is 0 Å². The zero-order valence-corrected chi connectivity index (χ0v) is 9.58. The van der Waals surface area contributed by atoms with Gasteiger partial charge < -0.3 is 18.7 Å². The van der Waals surface area contributed by atoms with Gasteiger partial charge in [-0.05, 0) is 13.2 Å². The van der Waals surface area contributed by atoms with Crippen molar-refractivity contribution in [2.45, 2.75) is 20.0 Å². The Hall–Kier alpha value is 0.140. The molecule has 0 saturated heterocycles. The molecule has 0 aliphatic carbocycles. The minimum absolute atomic E-state index is 0.129. The highest BCUT2D eigenvalue weighted by atomic mass is 31.2. The molecule has 1 N–H and O–H groups in total. The van der Waals surface area contributed by atoms with Crippen molar-refractivity contribution in [1.82, 2.24) is 0 Å². The third-order valence-electron chi connectivity index (χ3n) is 1.85. The summed E-state index contributed by atoms with van der Waals surface area (Å²) in [5.41, 5.74) is 0. The SMILES string of the molecule is C=P(O)(OC)OC(C)C(C)COC. The van der Waals surface area contributed by atoms with E-state index in [-0.39, 0.29) is 12.0 Å². The van der Waals surface area contributed by atoms with E-state index in [1.54, 1.807) is 7.11 Å². The van der Waals surface area contributed by atoms with E-state index in [9.17, 15) is 4.89 Å². The first-order valence-electron chi connectivity index (χ1n) is 4.12. The molecule has 80 valence electrons. The Labute approximate surface area is 80.0 Å². The van der Waals surface area contributed by atoms with Crippen molar-refractivity contribution < 1.29 is 18.7 Å². The molecule has 3 unspecified atom stereocenters. The largest absolute Gasteiger partial charge is 0.384 e. The van der Waals surface area contributed by atoms with Gasteiger partial charge in [0.15, 0.2) is 0 Å². The van der Waals surface area contributed by atoms with Gasteiger partial charge in [-0.3, -0.25) is 0 Å². The molecule has 0 radical (unpaired) electrons. The molecule has 4 nitrogen and oxygen atoms in total. The Morgan fingerprint density at radius 2 is 1.92 bits per heavy atom. The smallest absolute Gasteiger partial charge is 0.248 e. The molecule has 0 aromatic carbocycles. The first-order chi connectivity index (χ1) is 5.93. The molecule has 0 aliphatic heterocycles. The van der Waals surface area contributed by atoms with Crippen molar-refractivity contribution in [3.8, 4) is 0 Å². The van der Waals surface area contributed by atoms with Crippen molar-refractivity contribution in [2.75, 3.05) is 20.8 Å². The average Bonchev–Trinajstić information content (AvgIpc) is 2.04. The van der Waals surface area contributed by atoms with Crippen molar-refractivity contribution in [3.05, 3.63) is 0 Å². The molecule has 0 amide bonds. The van der Waals surface area contributed by atoms with Crippen LogP contribution in [-0.4, -0.2) is 38.1 Å². The second kappa shape index (κ2) is 5.78. The van der Waals surface area contributed by atoms with E-state index in [0.717, 1.165) is 0 Å². The number of ether oxygens (including phenoxy) is 1. The summed E-state index contributed by atoms with van der Waals surface area (Å²) < 4.78 is 14.9. The molecule has 5 heteroatoms. The van der Waals surface area contributed by atoms with Gasteiger partial charge in [0.2, 0.25) is 7.57 Å². The average molecular weight is 210 g/mol. The molecule has 0 aromatic heterocycles. The van der Waals surface area contributed by atoms with Crippen LogP contribution in [0.4, 0.5) is 0 Å². The van der Waals surface area contributed by atoms with Crippen LogP contribution in [0, 0.1) is 5.92 Å². The number of hydrogen-bond acceptors (Lipinski definition) is 4. The summed E-state index contributed by atoms with van der Waals surface area (Å²) in [6.45, 7) is 4.42. The van der Waals surface area contributed by atoms with Crippen molar-refractivity contribution in [1.29, 1.82) is 0 Å². The van der Waals surface area contributed by atoms with Crippen LogP contribution in [-0.2, 0) is 13.8 Å². The summed E-state index contributed by atoms with van der Waals surface area (Å²) in [4.78, 5) is 9.43. The van der Waals surface area contributed by atoms with Crippen LogP contribution in [0.2, 0.25) is 0 Å². The highest BCUT2D eigenvalue weighted by molar-refractivity contribution is 7.58. The molecule has 13 heavy (non-hydrogen) atoms. The standard InChI is InChI=1S/C8H19O4P/c1-7(6-10-3)8(2)12-13(5,9)11-4/h7-9H,5-6H2,1-4H3. The van der Waals surface area contributed by atoms with E-state index in [0.29, 0.717) is 6.61 Å². The fourth-order valence-electron chi connectivity index (χ4n) is 0.805. The monoisotopic (exact) mass is 210 g/mol. The van der Waals surface area contributed by atoms with Crippen LogP contribution in [0.5, 0.6) is 0 Å². The third-order valence-corrected chi connectivity index (χ3v) is 3.08. The molecular formula is C8H19O4P. The van der Waals surface area contributed by atoms with Gasteiger partial charge in [0.1, 0.15) is 0 Å². The maximum Gasteiger partial charge on any atom is 0.248 e. The second-order valence-corrected chi connectivity index (χ2v) is 4.91. The number of rotatable bonds is 6. The lowest BCUT2D eigenvalue weighted by atomic mass is 10.1. The lowest BCUT2D eigenvalue weighted by Gasteiger charge is -2.24. The van der Waals surface area contributed by atoms with E-state index >= 15 is 0 Å². The summed E-state index contributed by atoms with van der Waals surface area (Å²) >= 11 is 0. The molecule has 0 fully saturated rings. The normalized spacial score (nSPS) is 20.7. The molecule has 0 saturated carbocycles. The number of methoxy groups -OCH3 is 1. The van der Waals surface area contributed by atoms with Crippen molar-refractivity contribution in [2.24, 2.45) is 5.92 Å². The van der Waals surface area contributed by atoms with Gasteiger partial charge in [0.25, 0.3) is 0 Å². The Bertz CT molecular complexity index is 183. The maximum atomic E-state index is 9.43. The fraction of sp³-hybridized carbons (Fsp3) is 0.875. The van der Waals surface area contributed by atoms with Crippen molar-refractivity contribution >= 4 is 13.9 Å². The van der Waals surface area contributed by atoms with E-state index < -0.39 is 7.57 Å². The first-order valence-corrected chi connectivity index (χ1v) is 5.88. The Balaban J connectivity index is 3.98. The minimum Gasteiger partial charge on any atom is -0.384 e. The summed E-state index contributed by atoms with van der Waals surface area (Å²) in [6.07, 6.45) is 3.32. The predicted octanol–water partition coefficient (Wildman–Crippen LogP) is 1.51. The molecule has 0 aliphatic rings. The van der Waals surface area contributed by atoms with Crippen LogP contribution >= 0.6 is 7.57 Å². The van der Waals surface area contributed by atoms with Gasteiger partial charge in [-0.1, -0.05) is 6.92 Å². The molecule has 0 aromatic rings. The van der Waals surface area contributed by atoms with E-state index in [2.05, 4.69) is 6.30 Å². The molecule has 0 bridgehead atoms. The zero-order chi connectivity index (χ0) is 10.5. The zero-order valence-electron chi connectivity index (χ0n) is 8.69. The lowest BCUT2D eigenvalue weighted by Crippen LogP contribution is -2.21. The topological polar surface area (TPSA) is 47.9 Å². The summed E-state index contributed by atoms with van der Waals surface area (Å²) in [6, 6.07) is 0. The fourth-order valence-corrected chi connectivity index (χ4v) is 1.62. The van der Waals surface area contributed by atoms with Gasteiger partial charge in [0.05, 0.1) is 12.7 Å². The minimum atomic E-state index is -2.86. The summed E-state index contributed by atoms with van der Waals surface area (Å²) in [5.74, 6) is 0.202. The van der Waals surface area contributed by atoms with Crippen LogP contribution in [0.15, 0.2) is 0 Å². The van der Waals surface area contributed by atoms with Gasteiger partial charge in [-0.15, -0.1) is 0 Å². The maximum absolute atomic E-state index is 9.43. The molecule has 3 atom stereocenters. The summed E-state index contributed by atoms with van der Waals surface area (Å²) in [7, 11) is 0.151. The van der Waals surface area contributed by atoms with Gasteiger partial charge >= 0.3 is 0 Å². The van der Waals surface area contributed by atoms with Crippen LogP contribution < -0.4 is 0 Å². The highest BCUT2D eigenvalue weighted by Crippen LogP contribution is 2.43. The Morgan fingerprint density at radius 1 is 1.38 bits per heavy atom. The third kappa shape index (κ3) is 5.45. The van der Waals surface area contributed by atoms with Gasteiger partial charge in [0, 0.05) is 20.1 Å². The lowest BCUT2D eigenvalue weighted by molar-refractivity contribution is 0.0695. The first kappa shape index (κ1) is 13.1. The summed E-state index contributed by atoms with van der Waals surface area (Å²) in [5, 5.41) is 0. The predicted molar refractivity (Wildman–Crippen MR) is 54.9 cm³/mol. The van der Waals surface area contributed by atoms with Crippen LogP contribution in [0.3, 0.4) is 0 Å². The molecular weight excluding hydrogens is 191 g/mol. The molecule has 0 spiro atoms. The van der Waals surface area contributed by atoms with E-state index in [1.165, 1.54) is 7.11 Å². The molecule has 0 heterocycles. The quantitative estimate of drug-likeness (QED) is 0.675. The van der Waals surface area contributed by atoms with Crippen LogP contribution in [0.1, 0.15) is 13.8 Å². The van der Waals surface area contributed by atoms with Crippen LogP contribution in [0.25, 0.3) is 0 Å². The van der Waals surface area contributed by atoms with Crippen molar-refractivity contribution in [3.63, 3.8) is 0 Å². The van der Waals surface area contributed by atoms with Gasteiger partial charge in [-0.25, -0.2) is 0 Å². The molecule has 0 rings (SSSR count). The Kier molecular flexibility index (Phi) is 5.85. The van der Waals surface area contributed by atoms with E-state index in [4.69, 9.17) is 13.8 Å².